The summed E-state index contributed by atoms with van der Waals surface area (Å²) in [6, 6.07) is 14.9. The van der Waals surface area contributed by atoms with Gasteiger partial charge < -0.3 is 5.32 Å². The second-order valence-electron chi connectivity index (χ2n) is 6.93. The first kappa shape index (κ1) is 21.2. The van der Waals surface area contributed by atoms with Crippen LogP contribution in [0.2, 0.25) is 0 Å². The lowest BCUT2D eigenvalue weighted by atomic mass is 10.1. The fourth-order valence-corrected chi connectivity index (χ4v) is 5.94. The summed E-state index contributed by atoms with van der Waals surface area (Å²) >= 11 is 1.31. The summed E-state index contributed by atoms with van der Waals surface area (Å²) in [6.07, 6.45) is 0.175. The average molecular weight is 432 g/mol. The summed E-state index contributed by atoms with van der Waals surface area (Å²) in [4.78, 5) is 13.1. The molecule has 1 aromatic heterocycles. The third-order valence-corrected chi connectivity index (χ3v) is 7.84. The van der Waals surface area contributed by atoms with Crippen LogP contribution < -0.4 is 5.32 Å². The van der Waals surface area contributed by atoms with E-state index in [4.69, 9.17) is 0 Å². The van der Waals surface area contributed by atoms with Crippen molar-refractivity contribution in [1.82, 2.24) is 5.32 Å². The second kappa shape index (κ2) is 8.88. The molecule has 0 aliphatic heterocycles. The van der Waals surface area contributed by atoms with Gasteiger partial charge in [-0.3, -0.25) is 4.79 Å². The molecule has 0 saturated carbocycles. The molecule has 0 aliphatic rings. The van der Waals surface area contributed by atoms with Gasteiger partial charge in [-0.05, 0) is 54.6 Å². The molecule has 0 radical (unpaired) electrons. The average Bonchev–Trinajstić information content (AvgIpc) is 3.18. The van der Waals surface area contributed by atoms with Gasteiger partial charge in [-0.2, -0.15) is 0 Å². The van der Waals surface area contributed by atoms with Gasteiger partial charge in [0.05, 0.1) is 11.3 Å². The molecule has 0 aliphatic carbocycles. The van der Waals surface area contributed by atoms with Gasteiger partial charge >= 0.3 is 0 Å². The van der Waals surface area contributed by atoms with Crippen LogP contribution in [0, 0.1) is 19.7 Å². The Balaban J connectivity index is 1.81. The maximum atomic E-state index is 13.6. The Morgan fingerprint density at radius 2 is 1.90 bits per heavy atom. The van der Waals surface area contributed by atoms with Crippen LogP contribution in [0.15, 0.2) is 64.9 Å². The molecular formula is C22H22FNO3S2. The summed E-state index contributed by atoms with van der Waals surface area (Å²) in [7, 11) is -3.81. The molecular weight excluding hydrogens is 409 g/mol. The predicted octanol–water partition coefficient (Wildman–Crippen LogP) is 4.38. The zero-order valence-electron chi connectivity index (χ0n) is 16.2. The molecule has 7 heteroatoms. The highest BCUT2D eigenvalue weighted by Crippen LogP contribution is 2.32. The Labute approximate surface area is 174 Å². The summed E-state index contributed by atoms with van der Waals surface area (Å²) < 4.78 is 40.1. The smallest absolute Gasteiger partial charge is 0.224 e. The molecule has 0 fully saturated rings. The second-order valence-corrected chi connectivity index (χ2v) is 10.0. The van der Waals surface area contributed by atoms with Crippen LogP contribution in [0.5, 0.6) is 0 Å². The molecule has 1 atom stereocenters. The van der Waals surface area contributed by atoms with Crippen LogP contribution in [0.25, 0.3) is 0 Å². The Kier molecular flexibility index (Phi) is 6.49. The first-order chi connectivity index (χ1) is 13.8. The van der Waals surface area contributed by atoms with E-state index in [2.05, 4.69) is 5.32 Å². The van der Waals surface area contributed by atoms with Gasteiger partial charge in [0, 0.05) is 11.4 Å². The number of carbonyl (C=O) groups is 1. The normalized spacial score (nSPS) is 12.5. The number of hydrogen-bond acceptors (Lipinski definition) is 4. The molecule has 1 unspecified atom stereocenters. The molecule has 1 amide bonds. The highest BCUT2D eigenvalue weighted by molar-refractivity contribution is 7.91. The minimum absolute atomic E-state index is 0.0442. The fourth-order valence-electron chi connectivity index (χ4n) is 3.07. The van der Waals surface area contributed by atoms with E-state index >= 15 is 0 Å². The van der Waals surface area contributed by atoms with Gasteiger partial charge in [0.15, 0.2) is 9.84 Å². The van der Waals surface area contributed by atoms with Crippen molar-refractivity contribution in [2.75, 3.05) is 6.54 Å². The van der Waals surface area contributed by atoms with Gasteiger partial charge in [0.1, 0.15) is 11.1 Å². The van der Waals surface area contributed by atoms with Crippen molar-refractivity contribution >= 4 is 27.1 Å². The number of nitrogens with one attached hydrogen (secondary N) is 1. The zero-order chi connectivity index (χ0) is 21.0. The van der Waals surface area contributed by atoms with Crippen molar-refractivity contribution in [3.8, 4) is 0 Å². The number of amides is 1. The van der Waals surface area contributed by atoms with E-state index in [1.54, 1.807) is 17.5 Å². The van der Waals surface area contributed by atoms with E-state index in [9.17, 15) is 17.6 Å². The molecule has 152 valence electrons. The molecule has 2 aromatic carbocycles. The van der Waals surface area contributed by atoms with E-state index in [-0.39, 0.29) is 29.3 Å². The first-order valence-electron chi connectivity index (χ1n) is 9.13. The predicted molar refractivity (Wildman–Crippen MR) is 113 cm³/mol. The number of hydrogen-bond donors (Lipinski definition) is 1. The number of sulfone groups is 1. The number of carbonyl (C=O) groups excluding carboxylic acids is 1. The monoisotopic (exact) mass is 431 g/mol. The van der Waals surface area contributed by atoms with Crippen molar-refractivity contribution in [1.29, 1.82) is 0 Å². The third-order valence-electron chi connectivity index (χ3n) is 4.62. The highest BCUT2D eigenvalue weighted by atomic mass is 32.2. The fraction of sp³-hybridized carbons (Fsp3) is 0.227. The lowest BCUT2D eigenvalue weighted by Gasteiger charge is -2.18. The van der Waals surface area contributed by atoms with Crippen molar-refractivity contribution in [3.63, 3.8) is 0 Å². The van der Waals surface area contributed by atoms with E-state index in [0.717, 1.165) is 17.2 Å². The molecule has 29 heavy (non-hydrogen) atoms. The van der Waals surface area contributed by atoms with Crippen molar-refractivity contribution in [2.24, 2.45) is 0 Å². The van der Waals surface area contributed by atoms with Crippen molar-refractivity contribution in [3.05, 3.63) is 87.4 Å². The topological polar surface area (TPSA) is 63.2 Å². The summed E-state index contributed by atoms with van der Waals surface area (Å²) in [5.74, 6) is -0.703. The van der Waals surface area contributed by atoms with E-state index in [1.165, 1.54) is 30.4 Å². The third kappa shape index (κ3) is 5.10. The Morgan fingerprint density at radius 3 is 2.55 bits per heavy atom. The molecule has 3 rings (SSSR count). The summed E-state index contributed by atoms with van der Waals surface area (Å²) in [5, 5.41) is 3.61. The van der Waals surface area contributed by atoms with Crippen LogP contribution in [-0.4, -0.2) is 20.9 Å². The molecule has 0 saturated heterocycles. The maximum Gasteiger partial charge on any atom is 0.224 e. The molecule has 1 N–H and O–H groups in total. The van der Waals surface area contributed by atoms with Gasteiger partial charge in [-0.25, -0.2) is 12.8 Å². The Bertz CT molecular complexity index is 1110. The number of rotatable bonds is 7. The summed E-state index contributed by atoms with van der Waals surface area (Å²) in [5.41, 5.74) is 2.19. The quantitative estimate of drug-likeness (QED) is 0.565. The molecule has 0 spiro atoms. The lowest BCUT2D eigenvalue weighted by Crippen LogP contribution is -2.32. The van der Waals surface area contributed by atoms with Crippen LogP contribution in [0.3, 0.4) is 0 Å². The van der Waals surface area contributed by atoms with E-state index < -0.39 is 20.9 Å². The molecule has 0 bridgehead atoms. The molecule has 3 aromatic rings. The number of aryl methyl sites for hydroxylation is 2. The van der Waals surface area contributed by atoms with Crippen LogP contribution >= 0.6 is 11.3 Å². The van der Waals surface area contributed by atoms with Gasteiger partial charge in [-0.15, -0.1) is 11.3 Å². The Hall–Kier alpha value is -2.51. The Morgan fingerprint density at radius 1 is 1.10 bits per heavy atom. The first-order valence-corrected chi connectivity index (χ1v) is 11.6. The SMILES string of the molecule is Cc1cccc(CC(=O)NCC(c2cccs2)S(=O)(=O)c2ccc(F)c(C)c2)c1. The number of benzene rings is 2. The molecule has 4 nitrogen and oxygen atoms in total. The van der Waals surface area contributed by atoms with E-state index in [0.29, 0.717) is 4.88 Å². The van der Waals surface area contributed by atoms with Gasteiger partial charge in [-0.1, -0.05) is 35.9 Å². The minimum atomic E-state index is -3.81. The zero-order valence-corrected chi connectivity index (χ0v) is 17.8. The largest absolute Gasteiger partial charge is 0.354 e. The van der Waals surface area contributed by atoms with Crippen molar-refractivity contribution < 1.29 is 17.6 Å². The standard InChI is InChI=1S/C22H22FNO3S2/c1-15-5-3-6-17(11-15)13-22(25)24-14-21(20-7-4-10-28-20)29(26,27)18-8-9-19(23)16(2)12-18/h3-12,21H,13-14H2,1-2H3,(H,24,25). The van der Waals surface area contributed by atoms with Gasteiger partial charge in [0.2, 0.25) is 5.91 Å². The van der Waals surface area contributed by atoms with Crippen LogP contribution in [0.4, 0.5) is 4.39 Å². The highest BCUT2D eigenvalue weighted by Gasteiger charge is 2.30. The van der Waals surface area contributed by atoms with Gasteiger partial charge in [0.25, 0.3) is 0 Å². The van der Waals surface area contributed by atoms with Crippen molar-refractivity contribution in [2.45, 2.75) is 30.4 Å². The number of halogens is 1. The lowest BCUT2D eigenvalue weighted by molar-refractivity contribution is -0.120. The number of thiophene rings is 1. The van der Waals surface area contributed by atoms with Crippen LogP contribution in [0.1, 0.15) is 26.8 Å². The minimum Gasteiger partial charge on any atom is -0.354 e. The summed E-state index contributed by atoms with van der Waals surface area (Å²) in [6.45, 7) is 3.42. The maximum absolute atomic E-state index is 13.6. The van der Waals surface area contributed by atoms with Crippen LogP contribution in [-0.2, 0) is 21.1 Å². The van der Waals surface area contributed by atoms with E-state index in [1.807, 2.05) is 31.2 Å². The molecule has 1 heterocycles.